The number of unbranched alkanes of at least 4 members (excludes halogenated alkanes) is 4. The van der Waals surface area contributed by atoms with Crippen LogP contribution in [0.15, 0.2) is 34.9 Å². The number of aliphatic hydroxyl groups excluding tert-OH is 11. The maximum Gasteiger partial charge on any atom is 0.334 e. The molecule has 3 fully saturated rings. The highest BCUT2D eigenvalue weighted by Crippen LogP contribution is 2.32. The Morgan fingerprint density at radius 1 is 0.384 bits per heavy atom. The molecule has 0 radical (unpaired) electrons. The molecule has 86 heavy (non-hydrogen) atoms. The summed E-state index contributed by atoms with van der Waals surface area (Å²) in [6.45, 7) is 11.6. The number of hydrogen-bond donors (Lipinski definition) is 11. The number of cyclic esters (lactones) is 3. The van der Waals surface area contributed by atoms with E-state index in [9.17, 15) is 70.6 Å². The van der Waals surface area contributed by atoms with Crippen molar-refractivity contribution < 1.29 is 99.0 Å². The highest BCUT2D eigenvalue weighted by molar-refractivity contribution is 5.91. The highest BCUT2D eigenvalue weighted by atomic mass is 16.6. The van der Waals surface area contributed by atoms with E-state index >= 15 is 0 Å². The molecule has 0 saturated carbocycles. The first-order chi connectivity index (χ1) is 41.0. The number of carbonyl (C=O) groups excluding carboxylic acids is 3. The van der Waals surface area contributed by atoms with Crippen LogP contribution in [0, 0.1) is 0 Å². The van der Waals surface area contributed by atoms with Gasteiger partial charge in [-0.05, 0) is 180 Å². The van der Waals surface area contributed by atoms with Crippen LogP contribution in [0.2, 0.25) is 0 Å². The molecular formula is C66H114O20. The van der Waals surface area contributed by atoms with Crippen molar-refractivity contribution >= 4 is 17.9 Å². The Morgan fingerprint density at radius 2 is 0.779 bits per heavy atom. The third kappa shape index (κ3) is 28.1. The zero-order valence-corrected chi connectivity index (χ0v) is 52.8. The Hall–Kier alpha value is -2.93. The first-order valence-electron chi connectivity index (χ1n) is 33.2. The van der Waals surface area contributed by atoms with Gasteiger partial charge in [-0.2, -0.15) is 0 Å². The minimum absolute atomic E-state index is 0.0631. The lowest BCUT2D eigenvalue weighted by Gasteiger charge is -2.23. The molecule has 20 nitrogen and oxygen atoms in total. The molecule has 11 N–H and O–H groups in total. The van der Waals surface area contributed by atoms with E-state index in [1.165, 1.54) is 0 Å². The van der Waals surface area contributed by atoms with Crippen LogP contribution in [0.5, 0.6) is 0 Å². The summed E-state index contributed by atoms with van der Waals surface area (Å²) >= 11 is 0. The van der Waals surface area contributed by atoms with Crippen molar-refractivity contribution in [2.24, 2.45) is 0 Å². The molecule has 6 rings (SSSR count). The van der Waals surface area contributed by atoms with Crippen molar-refractivity contribution in [2.75, 3.05) is 0 Å². The lowest BCUT2D eigenvalue weighted by Crippen LogP contribution is -2.31. The van der Waals surface area contributed by atoms with Crippen molar-refractivity contribution in [3.05, 3.63) is 34.9 Å². The van der Waals surface area contributed by atoms with E-state index in [0.717, 1.165) is 109 Å². The Kier molecular flexibility index (Phi) is 35.8. The molecule has 0 unspecified atom stereocenters. The largest absolute Gasteiger partial charge is 0.455 e. The molecule has 0 spiro atoms. The van der Waals surface area contributed by atoms with Crippen molar-refractivity contribution in [1.29, 1.82) is 0 Å². The van der Waals surface area contributed by atoms with Gasteiger partial charge in [0.05, 0.1) is 104 Å². The maximum absolute atomic E-state index is 11.6. The van der Waals surface area contributed by atoms with Gasteiger partial charge in [0.2, 0.25) is 0 Å². The monoisotopic (exact) mass is 1230 g/mol. The summed E-state index contributed by atoms with van der Waals surface area (Å²) in [7, 11) is 0. The second-order valence-corrected chi connectivity index (χ2v) is 25.4. The van der Waals surface area contributed by atoms with Crippen LogP contribution in [0.1, 0.15) is 241 Å². The third-order valence-corrected chi connectivity index (χ3v) is 17.5. The summed E-state index contributed by atoms with van der Waals surface area (Å²) in [4.78, 5) is 34.7. The summed E-state index contributed by atoms with van der Waals surface area (Å²) in [6.07, 6.45) is 17.4. The Morgan fingerprint density at radius 3 is 1.23 bits per heavy atom. The second kappa shape index (κ2) is 40.7. The van der Waals surface area contributed by atoms with Gasteiger partial charge >= 0.3 is 17.9 Å². The standard InChI is InChI=1S/2C22H38O7.C22H38O6/c1-3-5-18(24)19(25)9-10-20(26)21-11-8-17(29-21)7-4-6-16(23)13-15-12-14(2)28-22(15)27;1-3-4-5-6-18(25)20-9-10-21(29-20)19(26)8-7-16(23)13-17(24)12-15-11-14(2)28-22(15)27;1-3-4-5-9-18(24)20-12-13-21(28-20)19(25)11-10-17(23)8-6-7-16-14-15(2)27-22(16)26/h12,14,16-21,23-26H,3-11,13H2,1-2H3;11,14,16-21,23-26H,3-10,12-13H2,1-2H3;14-15,17-21,23-25H,3-13H2,1-2H3/t14-,16+,17+,18+,19+,20-,21-;14-,16-,17-,18+,19+,20+,21+;15-,17+,18+,19+,20+,21+/m000/s1. The number of rotatable bonds is 39. The Balaban J connectivity index is 0.000000276. The average Bonchev–Trinajstić information content (AvgIpc) is 4.56. The number of hydrogen-bond acceptors (Lipinski definition) is 20. The predicted octanol–water partition coefficient (Wildman–Crippen LogP) is 7.00. The molecule has 0 aromatic rings. The van der Waals surface area contributed by atoms with Crippen LogP contribution in [-0.4, -0.2) is 196 Å². The first kappa shape index (κ1) is 75.5. The number of carbonyl (C=O) groups is 3. The Labute approximate surface area is 512 Å². The topological polar surface area (TPSA) is 329 Å². The highest BCUT2D eigenvalue weighted by Gasteiger charge is 2.37. The van der Waals surface area contributed by atoms with Gasteiger partial charge in [-0.25, -0.2) is 14.4 Å². The van der Waals surface area contributed by atoms with E-state index in [1.807, 2.05) is 19.9 Å². The van der Waals surface area contributed by atoms with Crippen LogP contribution in [0.25, 0.3) is 0 Å². The van der Waals surface area contributed by atoms with Crippen molar-refractivity contribution in [2.45, 2.75) is 363 Å². The van der Waals surface area contributed by atoms with E-state index in [4.69, 9.17) is 28.4 Å². The molecule has 6 heterocycles. The fraction of sp³-hybridized carbons (Fsp3) is 0.864. The van der Waals surface area contributed by atoms with Gasteiger partial charge in [0.1, 0.15) is 18.3 Å². The molecule has 20 atom stereocenters. The van der Waals surface area contributed by atoms with Crippen LogP contribution >= 0.6 is 0 Å². The van der Waals surface area contributed by atoms with Gasteiger partial charge in [0, 0.05) is 29.6 Å². The average molecular weight is 1230 g/mol. The van der Waals surface area contributed by atoms with E-state index < -0.39 is 73.1 Å². The molecule has 498 valence electrons. The molecule has 3 saturated heterocycles. The second-order valence-electron chi connectivity index (χ2n) is 25.4. The molecule has 0 aromatic heterocycles. The fourth-order valence-electron chi connectivity index (χ4n) is 12.4. The van der Waals surface area contributed by atoms with Crippen LogP contribution in [0.3, 0.4) is 0 Å². The summed E-state index contributed by atoms with van der Waals surface area (Å²) in [5, 5.41) is 112. The van der Waals surface area contributed by atoms with Crippen LogP contribution in [-0.2, 0) is 42.8 Å². The molecular weight excluding hydrogens is 1110 g/mol. The number of esters is 3. The van der Waals surface area contributed by atoms with E-state index in [1.54, 1.807) is 26.0 Å². The molecule has 0 aromatic carbocycles. The summed E-state index contributed by atoms with van der Waals surface area (Å²) in [5.41, 5.74) is 1.69. The molecule has 0 amide bonds. The minimum atomic E-state index is -0.836. The number of aliphatic hydroxyl groups is 11. The van der Waals surface area contributed by atoms with Crippen molar-refractivity contribution in [1.82, 2.24) is 0 Å². The van der Waals surface area contributed by atoms with Gasteiger partial charge in [-0.1, -0.05) is 65.7 Å². The summed E-state index contributed by atoms with van der Waals surface area (Å²) < 4.78 is 32.8. The van der Waals surface area contributed by atoms with Crippen molar-refractivity contribution in [3.63, 3.8) is 0 Å². The third-order valence-electron chi connectivity index (χ3n) is 17.5. The minimum Gasteiger partial charge on any atom is -0.455 e. The van der Waals surface area contributed by atoms with Crippen LogP contribution < -0.4 is 0 Å². The normalized spacial score (nSPS) is 28.5. The zero-order chi connectivity index (χ0) is 63.3. The Bertz CT molecular complexity index is 2020. The number of ether oxygens (including phenoxy) is 6. The van der Waals surface area contributed by atoms with E-state index in [-0.39, 0.29) is 79.7 Å². The van der Waals surface area contributed by atoms with Crippen LogP contribution in [0.4, 0.5) is 0 Å². The van der Waals surface area contributed by atoms with Gasteiger partial charge < -0.3 is 84.6 Å². The summed E-state index contributed by atoms with van der Waals surface area (Å²) in [5.74, 6) is -0.992. The predicted molar refractivity (Wildman–Crippen MR) is 323 cm³/mol. The van der Waals surface area contributed by atoms with Gasteiger partial charge in [0.15, 0.2) is 0 Å². The molecule has 6 aliphatic heterocycles. The lowest BCUT2D eigenvalue weighted by atomic mass is 9.97. The quantitative estimate of drug-likeness (QED) is 0.0168. The van der Waals surface area contributed by atoms with Gasteiger partial charge in [-0.3, -0.25) is 0 Å². The SMILES string of the molecule is CCCCC[C@@H](O)[C@H]1CC[C@H]([C@H](O)CC[C@H](O)CCCC2=C[C@H](C)OC2=O)O1.CCCCC[C@@H](O)[C@H]1CC[C@H]([C@H](O)CC[C@H](O)C[C@@H](O)CC2=C[C@H](C)OC2=O)O1.CCC[C@@H](O)[C@H](O)CC[C@H](O)[C@@H]1CC[C@@H](CCC[C@@H](O)CC2=C[C@H](C)OC2=O)O1. The smallest absolute Gasteiger partial charge is 0.334 e. The molecule has 0 aliphatic carbocycles. The van der Waals surface area contributed by atoms with E-state index in [0.29, 0.717) is 93.8 Å². The first-order valence-corrected chi connectivity index (χ1v) is 33.2. The lowest BCUT2D eigenvalue weighted by molar-refractivity contribution is -0.140. The zero-order valence-electron chi connectivity index (χ0n) is 52.8. The fourth-order valence-corrected chi connectivity index (χ4v) is 12.4. The summed E-state index contributed by atoms with van der Waals surface area (Å²) in [6, 6.07) is 0. The van der Waals surface area contributed by atoms with Crippen molar-refractivity contribution in [3.8, 4) is 0 Å². The van der Waals surface area contributed by atoms with E-state index in [2.05, 4.69) is 13.8 Å². The molecule has 20 heteroatoms. The van der Waals surface area contributed by atoms with Gasteiger partial charge in [0.25, 0.3) is 0 Å². The molecule has 0 bridgehead atoms. The van der Waals surface area contributed by atoms with Gasteiger partial charge in [-0.15, -0.1) is 0 Å². The maximum atomic E-state index is 11.6. The molecule has 6 aliphatic rings.